The molecule has 0 saturated carbocycles. The number of rotatable bonds is 3. The van der Waals surface area contributed by atoms with Gasteiger partial charge in [-0.1, -0.05) is 0 Å². The van der Waals surface area contributed by atoms with Crippen LogP contribution < -0.4 is 0 Å². The van der Waals surface area contributed by atoms with E-state index in [4.69, 9.17) is 0 Å². The van der Waals surface area contributed by atoms with E-state index in [1.807, 2.05) is 0 Å². The number of aryl methyl sites for hydroxylation is 4. The standard InChI is InChI=1S/2C12H13.C2H7Si.2ClH.Zr/c2*1-8-4-10(3)12-7-9(2)6-11(12)5-8;1-3-2;;;/h2*4-7H,1-3H3;3H,1-2H3;2*1H;. The second-order valence-corrected chi connectivity index (χ2v) is 29.5. The largest absolute Gasteiger partial charge is 0.147 e. The van der Waals surface area contributed by atoms with Crippen molar-refractivity contribution in [1.82, 2.24) is 0 Å². The maximum atomic E-state index is 2.65. The first kappa shape index (κ1) is 25.9. The third-order valence-corrected chi connectivity index (χ3v) is 28.9. The molecule has 2 aliphatic rings. The van der Waals surface area contributed by atoms with E-state index in [1.165, 1.54) is 22.3 Å². The van der Waals surface area contributed by atoms with E-state index in [2.05, 4.69) is 91.1 Å². The molecule has 0 spiro atoms. The van der Waals surface area contributed by atoms with E-state index >= 15 is 0 Å². The van der Waals surface area contributed by atoms with Crippen LogP contribution in [0.15, 0.2) is 35.4 Å². The number of halogens is 2. The minimum absolute atomic E-state index is 0. The van der Waals surface area contributed by atoms with Crippen LogP contribution in [0.25, 0.3) is 12.2 Å². The Labute approximate surface area is 204 Å². The summed E-state index contributed by atoms with van der Waals surface area (Å²) in [5.41, 5.74) is 15.6. The van der Waals surface area contributed by atoms with Gasteiger partial charge in [0.1, 0.15) is 0 Å². The zero-order chi connectivity index (χ0) is 20.3. The first-order chi connectivity index (χ1) is 13.2. The van der Waals surface area contributed by atoms with Gasteiger partial charge in [0, 0.05) is 0 Å². The Hall–Kier alpha value is -0.400. The van der Waals surface area contributed by atoms with Gasteiger partial charge in [0.25, 0.3) is 0 Å². The molecular weight excluding hydrogens is 503 g/mol. The molecule has 0 N–H and O–H groups in total. The van der Waals surface area contributed by atoms with Crippen LogP contribution >= 0.6 is 24.8 Å². The van der Waals surface area contributed by atoms with E-state index in [1.54, 1.807) is 33.4 Å². The maximum absolute atomic E-state index is 2.65. The summed E-state index contributed by atoms with van der Waals surface area (Å²) in [4.78, 5) is 0. The Morgan fingerprint density at radius 3 is 1.33 bits per heavy atom. The third-order valence-electron chi connectivity index (χ3n) is 6.74. The van der Waals surface area contributed by atoms with Gasteiger partial charge in [0.05, 0.1) is 0 Å². The average molecular weight is 538 g/mol. The Balaban J connectivity index is 0.00000160. The summed E-state index contributed by atoms with van der Waals surface area (Å²) in [5, 5.41) is 0. The number of hydrogen-bond acceptors (Lipinski definition) is 0. The molecule has 2 unspecified atom stereocenters. The number of fused-ring (bicyclic) bond motifs is 2. The van der Waals surface area contributed by atoms with Crippen molar-refractivity contribution in [1.29, 1.82) is 0 Å². The summed E-state index contributed by atoms with van der Waals surface area (Å²) in [6.45, 7) is 19.3. The second kappa shape index (κ2) is 9.62. The van der Waals surface area contributed by atoms with Gasteiger partial charge in [0.2, 0.25) is 0 Å². The normalized spacial score (nSPS) is 18.8. The molecule has 2 atom stereocenters. The van der Waals surface area contributed by atoms with Crippen LogP contribution in [0.5, 0.6) is 0 Å². The minimum atomic E-state index is -1.83. The molecular formula is C26H35Cl2SiZr. The van der Waals surface area contributed by atoms with E-state index in [0.29, 0.717) is 0 Å². The fourth-order valence-electron chi connectivity index (χ4n) is 5.73. The molecule has 0 amide bonds. The van der Waals surface area contributed by atoms with Gasteiger partial charge in [-0.2, -0.15) is 0 Å². The SMILES string of the molecule is CC1=Cc2c(C)cc(C)cc2[CH]1[Zr]([CH]1C(C)=Cc2c(C)cc(C)cc21)[SiH](C)C.Cl.Cl. The zero-order valence-corrected chi connectivity index (χ0v) is 24.8. The van der Waals surface area contributed by atoms with Crippen LogP contribution in [-0.4, -0.2) is 5.92 Å². The Morgan fingerprint density at radius 1 is 0.633 bits per heavy atom. The van der Waals surface area contributed by atoms with Crippen molar-refractivity contribution in [2.75, 3.05) is 0 Å². The van der Waals surface area contributed by atoms with Crippen molar-refractivity contribution in [2.24, 2.45) is 0 Å². The van der Waals surface area contributed by atoms with Crippen molar-refractivity contribution >= 4 is 42.9 Å². The monoisotopic (exact) mass is 535 g/mol. The Kier molecular flexibility index (Phi) is 8.29. The fourth-order valence-corrected chi connectivity index (χ4v) is 28.9. The smallest absolute Gasteiger partial charge is 0.147 e. The van der Waals surface area contributed by atoms with Gasteiger partial charge < -0.3 is 0 Å². The van der Waals surface area contributed by atoms with E-state index < -0.39 is 26.8 Å². The van der Waals surface area contributed by atoms with Gasteiger partial charge in [0.15, 0.2) is 0 Å². The molecule has 2 aromatic rings. The summed E-state index contributed by atoms with van der Waals surface area (Å²) in [6, 6.07) is 9.77. The van der Waals surface area contributed by atoms with Crippen molar-refractivity contribution in [2.45, 2.75) is 61.9 Å². The molecule has 0 heterocycles. The number of allylic oxidation sites excluding steroid dienone is 2. The predicted octanol–water partition coefficient (Wildman–Crippen LogP) is 7.98. The van der Waals surface area contributed by atoms with E-state index in [0.717, 1.165) is 7.25 Å². The van der Waals surface area contributed by atoms with Crippen LogP contribution in [0.3, 0.4) is 0 Å². The van der Waals surface area contributed by atoms with E-state index in [9.17, 15) is 0 Å². The molecule has 0 fully saturated rings. The second-order valence-electron chi connectivity index (χ2n) is 9.47. The molecule has 0 aromatic heterocycles. The van der Waals surface area contributed by atoms with Gasteiger partial charge in [-0.05, 0) is 0 Å². The summed E-state index contributed by atoms with van der Waals surface area (Å²) in [7, 11) is 0. The van der Waals surface area contributed by atoms with Crippen LogP contribution in [0.1, 0.15) is 65.6 Å². The first-order valence-corrected chi connectivity index (χ1v) is 20.6. The van der Waals surface area contributed by atoms with Gasteiger partial charge in [-0.3, -0.25) is 0 Å². The van der Waals surface area contributed by atoms with Crippen LogP contribution in [0, 0.1) is 27.7 Å². The van der Waals surface area contributed by atoms with Crippen molar-refractivity contribution < 1.29 is 20.9 Å². The molecule has 0 bridgehead atoms. The van der Waals surface area contributed by atoms with E-state index in [-0.39, 0.29) is 24.8 Å². The van der Waals surface area contributed by atoms with Gasteiger partial charge in [-0.25, -0.2) is 0 Å². The summed E-state index contributed by atoms with van der Waals surface area (Å²) < 4.78 is 1.53. The van der Waals surface area contributed by atoms with Gasteiger partial charge in [-0.15, -0.1) is 24.8 Å². The Bertz CT molecular complexity index is 956. The number of benzene rings is 2. The average Bonchev–Trinajstić information content (AvgIpc) is 3.07. The molecule has 2 aromatic carbocycles. The molecule has 0 radical (unpaired) electrons. The summed E-state index contributed by atoms with van der Waals surface area (Å²) in [6.07, 6.45) is 5.06. The van der Waals surface area contributed by atoms with Crippen LogP contribution in [0.4, 0.5) is 0 Å². The maximum Gasteiger partial charge on any atom is -0.147 e. The topological polar surface area (TPSA) is 0 Å². The van der Waals surface area contributed by atoms with Crippen LogP contribution in [0.2, 0.25) is 13.1 Å². The molecule has 4 heteroatoms. The number of hydrogen-bond donors (Lipinski definition) is 0. The van der Waals surface area contributed by atoms with Crippen molar-refractivity contribution in [3.05, 3.63) is 79.9 Å². The summed E-state index contributed by atoms with van der Waals surface area (Å²) in [5.74, 6) is -0.734. The molecule has 4 rings (SSSR count). The van der Waals surface area contributed by atoms with Crippen LogP contribution in [-0.2, 0) is 20.9 Å². The third kappa shape index (κ3) is 4.27. The van der Waals surface area contributed by atoms with Gasteiger partial charge >= 0.3 is 181 Å². The molecule has 30 heavy (non-hydrogen) atoms. The molecule has 0 aliphatic heterocycles. The fraction of sp³-hybridized carbons (Fsp3) is 0.385. The molecule has 0 nitrogen and oxygen atoms in total. The summed E-state index contributed by atoms with van der Waals surface area (Å²) >= 11 is -1.83. The Morgan fingerprint density at radius 2 is 1.00 bits per heavy atom. The van der Waals surface area contributed by atoms with Crippen molar-refractivity contribution in [3.63, 3.8) is 0 Å². The predicted molar refractivity (Wildman–Crippen MR) is 138 cm³/mol. The quantitative estimate of drug-likeness (QED) is 0.348. The van der Waals surface area contributed by atoms with Crippen molar-refractivity contribution in [3.8, 4) is 0 Å². The zero-order valence-electron chi connectivity index (χ0n) is 19.5. The molecule has 161 valence electrons. The first-order valence-electron chi connectivity index (χ1n) is 10.6. The molecule has 2 aliphatic carbocycles. The molecule has 0 saturated heterocycles. The minimum Gasteiger partial charge on any atom is -0.147 e.